The summed E-state index contributed by atoms with van der Waals surface area (Å²) in [5, 5.41) is 9.23. The number of thioether (sulfide) groups is 1. The third-order valence-corrected chi connectivity index (χ3v) is 6.57. The Kier molecular flexibility index (Phi) is 5.55. The summed E-state index contributed by atoms with van der Waals surface area (Å²) in [5.41, 5.74) is 2.10. The van der Waals surface area contributed by atoms with E-state index in [4.69, 9.17) is 9.47 Å². The van der Waals surface area contributed by atoms with Crippen LogP contribution in [0.2, 0.25) is 0 Å². The van der Waals surface area contributed by atoms with Crippen LogP contribution in [0, 0.1) is 6.92 Å². The third kappa shape index (κ3) is 3.99. The summed E-state index contributed by atoms with van der Waals surface area (Å²) in [6.45, 7) is 3.82. The number of likely N-dealkylation sites (tertiary alicyclic amines) is 1. The van der Waals surface area contributed by atoms with Crippen molar-refractivity contribution in [2.24, 2.45) is 0 Å². The molecule has 1 fully saturated rings. The van der Waals surface area contributed by atoms with Crippen molar-refractivity contribution >= 4 is 17.7 Å². The standard InChI is InChI=1S/C23H24N4O3S/c1-16-24-25-23(27(16)18-6-3-2-4-7-18)31-15-22(28)26-11-5-8-19(26)17-9-10-20-21(14-17)30-13-12-29-20/h2-4,6-7,9-10,14,19H,5,8,11-13,15H2,1H3/t19-/m1/s1. The molecule has 7 nitrogen and oxygen atoms in total. The van der Waals surface area contributed by atoms with Gasteiger partial charge in [0.2, 0.25) is 5.91 Å². The maximum absolute atomic E-state index is 13.1. The molecule has 0 unspecified atom stereocenters. The van der Waals surface area contributed by atoms with Gasteiger partial charge in [-0.25, -0.2) is 0 Å². The molecule has 0 radical (unpaired) electrons. The molecule has 5 rings (SSSR count). The van der Waals surface area contributed by atoms with Gasteiger partial charge in [-0.15, -0.1) is 10.2 Å². The van der Waals surface area contributed by atoms with Crippen molar-refractivity contribution in [3.63, 3.8) is 0 Å². The molecule has 3 heterocycles. The van der Waals surface area contributed by atoms with Gasteiger partial charge in [0.05, 0.1) is 11.8 Å². The second-order valence-corrected chi connectivity index (χ2v) is 8.58. The molecule has 1 saturated heterocycles. The van der Waals surface area contributed by atoms with Crippen LogP contribution in [0.5, 0.6) is 11.5 Å². The summed E-state index contributed by atoms with van der Waals surface area (Å²) in [4.78, 5) is 15.1. The van der Waals surface area contributed by atoms with E-state index in [2.05, 4.69) is 10.2 Å². The first-order valence-corrected chi connectivity index (χ1v) is 11.5. The number of aromatic nitrogens is 3. The lowest BCUT2D eigenvalue weighted by molar-refractivity contribution is -0.129. The Morgan fingerprint density at radius 1 is 1.10 bits per heavy atom. The minimum Gasteiger partial charge on any atom is -0.486 e. The summed E-state index contributed by atoms with van der Waals surface area (Å²) in [6, 6.07) is 16.1. The molecule has 31 heavy (non-hydrogen) atoms. The van der Waals surface area contributed by atoms with Gasteiger partial charge in [0, 0.05) is 12.2 Å². The number of aryl methyl sites for hydroxylation is 1. The van der Waals surface area contributed by atoms with Gasteiger partial charge in [0.25, 0.3) is 0 Å². The number of ether oxygens (including phenoxy) is 2. The first-order valence-electron chi connectivity index (χ1n) is 10.5. The van der Waals surface area contributed by atoms with Crippen molar-refractivity contribution in [3.8, 4) is 17.2 Å². The number of hydrogen-bond acceptors (Lipinski definition) is 6. The molecule has 3 aromatic rings. The van der Waals surface area contributed by atoms with E-state index in [9.17, 15) is 4.79 Å². The third-order valence-electron chi connectivity index (χ3n) is 5.66. The van der Waals surface area contributed by atoms with Crippen molar-refractivity contribution in [3.05, 3.63) is 59.9 Å². The first-order chi connectivity index (χ1) is 15.2. The van der Waals surface area contributed by atoms with Gasteiger partial charge < -0.3 is 14.4 Å². The Hall–Kier alpha value is -3.00. The average molecular weight is 437 g/mol. The van der Waals surface area contributed by atoms with Crippen LogP contribution in [0.25, 0.3) is 5.69 Å². The molecule has 0 N–H and O–H groups in total. The number of hydrogen-bond donors (Lipinski definition) is 0. The molecular formula is C23H24N4O3S. The van der Waals surface area contributed by atoms with Crippen molar-refractivity contribution < 1.29 is 14.3 Å². The highest BCUT2D eigenvalue weighted by Crippen LogP contribution is 2.38. The number of fused-ring (bicyclic) bond motifs is 1. The predicted octanol–water partition coefficient (Wildman–Crippen LogP) is 3.80. The van der Waals surface area contributed by atoms with E-state index in [1.165, 1.54) is 11.8 Å². The molecule has 0 aliphatic carbocycles. The number of carbonyl (C=O) groups excluding carboxylic acids is 1. The molecule has 2 aliphatic heterocycles. The zero-order chi connectivity index (χ0) is 21.2. The Balaban J connectivity index is 1.30. The molecule has 0 bridgehead atoms. The largest absolute Gasteiger partial charge is 0.486 e. The molecule has 160 valence electrons. The Labute approximate surface area is 185 Å². The van der Waals surface area contributed by atoms with Crippen molar-refractivity contribution in [2.75, 3.05) is 25.5 Å². The molecule has 0 saturated carbocycles. The normalized spacial score (nSPS) is 17.7. The number of nitrogens with zero attached hydrogens (tertiary/aromatic N) is 4. The minimum atomic E-state index is 0.0673. The average Bonchev–Trinajstić information content (AvgIpc) is 3.44. The van der Waals surface area contributed by atoms with Crippen molar-refractivity contribution in [2.45, 2.75) is 31.0 Å². The van der Waals surface area contributed by atoms with Crippen LogP contribution in [0.15, 0.2) is 53.7 Å². The van der Waals surface area contributed by atoms with Gasteiger partial charge >= 0.3 is 0 Å². The highest BCUT2D eigenvalue weighted by Gasteiger charge is 2.31. The zero-order valence-electron chi connectivity index (χ0n) is 17.4. The summed E-state index contributed by atoms with van der Waals surface area (Å²) in [7, 11) is 0. The molecule has 2 aliphatic rings. The monoisotopic (exact) mass is 436 g/mol. The molecule has 8 heteroatoms. The van der Waals surface area contributed by atoms with E-state index in [0.29, 0.717) is 19.0 Å². The highest BCUT2D eigenvalue weighted by molar-refractivity contribution is 7.99. The molecule has 1 atom stereocenters. The van der Waals surface area contributed by atoms with Crippen molar-refractivity contribution in [1.82, 2.24) is 19.7 Å². The quantitative estimate of drug-likeness (QED) is 0.567. The smallest absolute Gasteiger partial charge is 0.233 e. The Morgan fingerprint density at radius 3 is 2.74 bits per heavy atom. The lowest BCUT2D eigenvalue weighted by atomic mass is 10.0. The van der Waals surface area contributed by atoms with Crippen molar-refractivity contribution in [1.29, 1.82) is 0 Å². The van der Waals surface area contributed by atoms with E-state index in [0.717, 1.165) is 53.1 Å². The lowest BCUT2D eigenvalue weighted by Gasteiger charge is -2.26. The minimum absolute atomic E-state index is 0.0673. The van der Waals surface area contributed by atoms with Crippen LogP contribution in [-0.4, -0.2) is 51.1 Å². The van der Waals surface area contributed by atoms with Gasteiger partial charge in [-0.1, -0.05) is 36.0 Å². The van der Waals surface area contributed by atoms with Crippen LogP contribution in [0.1, 0.15) is 30.3 Å². The van der Waals surface area contributed by atoms with Gasteiger partial charge in [-0.3, -0.25) is 9.36 Å². The maximum Gasteiger partial charge on any atom is 0.233 e. The number of benzene rings is 2. The van der Waals surface area contributed by atoms with E-state index in [1.807, 2.05) is 64.9 Å². The SMILES string of the molecule is Cc1nnc(SCC(=O)N2CCC[C@@H]2c2ccc3c(c2)OCCO3)n1-c1ccccc1. The Bertz CT molecular complexity index is 1090. The van der Waals surface area contributed by atoms with Gasteiger partial charge in [-0.2, -0.15) is 0 Å². The first kappa shape index (κ1) is 19.9. The zero-order valence-corrected chi connectivity index (χ0v) is 18.2. The van der Waals surface area contributed by atoms with E-state index < -0.39 is 0 Å². The molecular weight excluding hydrogens is 412 g/mol. The van der Waals surface area contributed by atoms with Gasteiger partial charge in [0.1, 0.15) is 19.0 Å². The molecule has 1 aromatic heterocycles. The van der Waals surface area contributed by atoms with Crippen LogP contribution in [0.4, 0.5) is 0 Å². The molecule has 1 amide bonds. The topological polar surface area (TPSA) is 69.5 Å². The second kappa shape index (κ2) is 8.63. The predicted molar refractivity (Wildman–Crippen MR) is 118 cm³/mol. The fraction of sp³-hybridized carbons (Fsp3) is 0.348. The fourth-order valence-electron chi connectivity index (χ4n) is 4.20. The maximum atomic E-state index is 13.1. The fourth-order valence-corrected chi connectivity index (χ4v) is 5.08. The molecule has 0 spiro atoms. The van der Waals surface area contributed by atoms with Crippen LogP contribution < -0.4 is 9.47 Å². The number of para-hydroxylation sites is 1. The van der Waals surface area contributed by atoms with Gasteiger partial charge in [-0.05, 0) is 49.6 Å². The highest BCUT2D eigenvalue weighted by atomic mass is 32.2. The summed E-state index contributed by atoms with van der Waals surface area (Å²) < 4.78 is 13.3. The van der Waals surface area contributed by atoms with E-state index >= 15 is 0 Å². The van der Waals surface area contributed by atoms with E-state index in [-0.39, 0.29) is 11.9 Å². The van der Waals surface area contributed by atoms with Crippen LogP contribution in [0.3, 0.4) is 0 Å². The summed E-state index contributed by atoms with van der Waals surface area (Å²) >= 11 is 1.43. The number of amides is 1. The number of carbonyl (C=O) groups is 1. The van der Waals surface area contributed by atoms with Crippen LogP contribution >= 0.6 is 11.8 Å². The summed E-state index contributed by atoms with van der Waals surface area (Å²) in [6.07, 6.45) is 1.95. The van der Waals surface area contributed by atoms with Crippen LogP contribution in [-0.2, 0) is 4.79 Å². The molecule has 2 aromatic carbocycles. The second-order valence-electron chi connectivity index (χ2n) is 7.64. The lowest BCUT2D eigenvalue weighted by Crippen LogP contribution is -2.32. The Morgan fingerprint density at radius 2 is 1.90 bits per heavy atom. The number of rotatable bonds is 5. The van der Waals surface area contributed by atoms with Gasteiger partial charge in [0.15, 0.2) is 16.7 Å². The van der Waals surface area contributed by atoms with E-state index in [1.54, 1.807) is 0 Å². The summed E-state index contributed by atoms with van der Waals surface area (Å²) in [5.74, 6) is 2.78.